The van der Waals surface area contributed by atoms with Crippen LogP contribution in [0.2, 0.25) is 0 Å². The Bertz CT molecular complexity index is 567. The summed E-state index contributed by atoms with van der Waals surface area (Å²) in [7, 11) is 0. The molecule has 1 aliphatic rings. The van der Waals surface area contributed by atoms with Gasteiger partial charge in [-0.15, -0.1) is 11.8 Å². The highest BCUT2D eigenvalue weighted by Crippen LogP contribution is 2.45. The van der Waals surface area contributed by atoms with Crippen LogP contribution in [0.1, 0.15) is 53.0 Å². The number of allylic oxidation sites excluding steroid dienone is 3. The maximum atomic E-state index is 6.31. The third-order valence-electron chi connectivity index (χ3n) is 3.93. The fourth-order valence-corrected chi connectivity index (χ4v) is 3.46. The monoisotopic (exact) mass is 302 g/mol. The smallest absolute Gasteiger partial charge is 0.137 e. The van der Waals surface area contributed by atoms with Gasteiger partial charge in [0.1, 0.15) is 11.4 Å². The standard InChI is InChI=1S/C19H26OS/c1-13(2)8-7-11-19(6)15(5)21-18-12-16(14(3)4)9-10-17(18)20-19/h7-12,14-15H,1-6H3/b11-7+/t15-,19+/m0/s1. The van der Waals surface area contributed by atoms with E-state index in [1.807, 2.05) is 11.8 Å². The van der Waals surface area contributed by atoms with Crippen molar-refractivity contribution in [1.29, 1.82) is 0 Å². The van der Waals surface area contributed by atoms with Crippen LogP contribution in [-0.4, -0.2) is 10.9 Å². The maximum Gasteiger partial charge on any atom is 0.137 e. The Morgan fingerprint density at radius 1 is 1.33 bits per heavy atom. The average Bonchev–Trinajstić information content (AvgIpc) is 2.39. The second-order valence-corrected chi connectivity index (χ2v) is 7.89. The lowest BCUT2D eigenvalue weighted by Crippen LogP contribution is -2.41. The van der Waals surface area contributed by atoms with Crippen LogP contribution in [0, 0.1) is 0 Å². The first-order chi connectivity index (χ1) is 9.82. The SMILES string of the molecule is CC(C)=C/C=C/[C@@]1(C)Oc2ccc(C(C)C)cc2S[C@H]1C. The van der Waals surface area contributed by atoms with Gasteiger partial charge in [0.2, 0.25) is 0 Å². The Morgan fingerprint density at radius 2 is 2.05 bits per heavy atom. The second-order valence-electron chi connectivity index (χ2n) is 6.51. The van der Waals surface area contributed by atoms with E-state index in [9.17, 15) is 0 Å². The van der Waals surface area contributed by atoms with Gasteiger partial charge in [-0.1, -0.05) is 37.6 Å². The minimum Gasteiger partial charge on any atom is -0.481 e. The number of thioether (sulfide) groups is 1. The van der Waals surface area contributed by atoms with Gasteiger partial charge >= 0.3 is 0 Å². The quantitative estimate of drug-likeness (QED) is 0.637. The first kappa shape index (κ1) is 16.2. The van der Waals surface area contributed by atoms with Crippen LogP contribution in [-0.2, 0) is 0 Å². The zero-order valence-electron chi connectivity index (χ0n) is 13.9. The van der Waals surface area contributed by atoms with Gasteiger partial charge in [0.15, 0.2) is 0 Å². The van der Waals surface area contributed by atoms with Crippen molar-refractivity contribution in [2.45, 2.75) is 63.2 Å². The molecule has 2 heteroatoms. The Hall–Kier alpha value is -1.15. The molecule has 2 atom stereocenters. The zero-order chi connectivity index (χ0) is 15.6. The first-order valence-corrected chi connectivity index (χ1v) is 8.52. The summed E-state index contributed by atoms with van der Waals surface area (Å²) in [4.78, 5) is 1.27. The molecule has 1 nitrogen and oxygen atoms in total. The van der Waals surface area contributed by atoms with E-state index in [0.717, 1.165) is 5.75 Å². The van der Waals surface area contributed by atoms with E-state index >= 15 is 0 Å². The van der Waals surface area contributed by atoms with E-state index in [2.05, 4.69) is 78.0 Å². The highest BCUT2D eigenvalue weighted by molar-refractivity contribution is 8.00. The van der Waals surface area contributed by atoms with Crippen LogP contribution in [0.5, 0.6) is 5.75 Å². The molecule has 1 aliphatic heterocycles. The molecule has 0 unspecified atom stereocenters. The summed E-state index contributed by atoms with van der Waals surface area (Å²) in [5, 5.41) is 0.384. The van der Waals surface area contributed by atoms with Crippen molar-refractivity contribution < 1.29 is 4.74 Å². The van der Waals surface area contributed by atoms with Crippen molar-refractivity contribution in [3.8, 4) is 5.75 Å². The summed E-state index contributed by atoms with van der Waals surface area (Å²) in [6.45, 7) is 13.1. The number of benzene rings is 1. The van der Waals surface area contributed by atoms with Crippen LogP contribution in [0.25, 0.3) is 0 Å². The number of hydrogen-bond acceptors (Lipinski definition) is 2. The van der Waals surface area contributed by atoms with E-state index in [-0.39, 0.29) is 5.60 Å². The van der Waals surface area contributed by atoms with E-state index < -0.39 is 0 Å². The van der Waals surface area contributed by atoms with Crippen LogP contribution in [0.3, 0.4) is 0 Å². The molecule has 0 amide bonds. The van der Waals surface area contributed by atoms with E-state index in [0.29, 0.717) is 11.2 Å². The van der Waals surface area contributed by atoms with Gasteiger partial charge in [-0.05, 0) is 57.4 Å². The zero-order valence-corrected chi connectivity index (χ0v) is 14.8. The Morgan fingerprint density at radius 3 is 2.67 bits per heavy atom. The highest BCUT2D eigenvalue weighted by atomic mass is 32.2. The van der Waals surface area contributed by atoms with E-state index in [4.69, 9.17) is 4.74 Å². The summed E-state index contributed by atoms with van der Waals surface area (Å²) < 4.78 is 6.31. The lowest BCUT2D eigenvalue weighted by Gasteiger charge is -2.38. The van der Waals surface area contributed by atoms with Gasteiger partial charge in [-0.25, -0.2) is 0 Å². The number of ether oxygens (including phenoxy) is 1. The normalized spacial score (nSPS) is 24.8. The van der Waals surface area contributed by atoms with E-state index in [1.165, 1.54) is 16.0 Å². The molecule has 2 rings (SSSR count). The maximum absolute atomic E-state index is 6.31. The van der Waals surface area contributed by atoms with E-state index in [1.54, 1.807) is 0 Å². The largest absolute Gasteiger partial charge is 0.481 e. The van der Waals surface area contributed by atoms with Gasteiger partial charge < -0.3 is 4.74 Å². The third kappa shape index (κ3) is 3.74. The van der Waals surface area contributed by atoms with Gasteiger partial charge in [0.05, 0.1) is 10.1 Å². The molecule has 0 bridgehead atoms. The summed E-state index contributed by atoms with van der Waals surface area (Å²) in [5.74, 6) is 1.56. The minimum absolute atomic E-state index is 0.261. The molecular weight excluding hydrogens is 276 g/mol. The molecule has 114 valence electrons. The molecule has 1 aromatic carbocycles. The molecule has 21 heavy (non-hydrogen) atoms. The van der Waals surface area contributed by atoms with Crippen molar-refractivity contribution >= 4 is 11.8 Å². The fourth-order valence-electron chi connectivity index (χ4n) is 2.29. The molecule has 0 radical (unpaired) electrons. The number of fused-ring (bicyclic) bond motifs is 1. The third-order valence-corrected chi connectivity index (χ3v) is 5.33. The van der Waals surface area contributed by atoms with Crippen molar-refractivity contribution in [1.82, 2.24) is 0 Å². The summed E-state index contributed by atoms with van der Waals surface area (Å²) in [6, 6.07) is 6.58. The van der Waals surface area contributed by atoms with Crippen LogP contribution >= 0.6 is 11.8 Å². The summed E-state index contributed by atoms with van der Waals surface area (Å²) >= 11 is 1.91. The predicted octanol–water partition coefficient (Wildman–Crippen LogP) is 5.96. The number of hydrogen-bond donors (Lipinski definition) is 0. The summed E-state index contributed by atoms with van der Waals surface area (Å²) in [6.07, 6.45) is 6.42. The Kier molecular flexibility index (Phi) is 4.88. The first-order valence-electron chi connectivity index (χ1n) is 7.64. The van der Waals surface area contributed by atoms with Gasteiger partial charge in [0.25, 0.3) is 0 Å². The molecule has 0 aliphatic carbocycles. The van der Waals surface area contributed by atoms with Gasteiger partial charge in [0, 0.05) is 0 Å². The summed E-state index contributed by atoms with van der Waals surface area (Å²) in [5.41, 5.74) is 2.41. The Balaban J connectivity index is 2.28. The second kappa shape index (κ2) is 6.31. The predicted molar refractivity (Wildman–Crippen MR) is 93.5 cm³/mol. The minimum atomic E-state index is -0.261. The molecule has 1 heterocycles. The highest BCUT2D eigenvalue weighted by Gasteiger charge is 2.36. The molecule has 0 fully saturated rings. The molecule has 0 saturated heterocycles. The lowest BCUT2D eigenvalue weighted by atomic mass is 10.00. The average molecular weight is 302 g/mol. The van der Waals surface area contributed by atoms with Crippen LogP contribution in [0.15, 0.2) is 46.9 Å². The van der Waals surface area contributed by atoms with Crippen molar-refractivity contribution in [2.24, 2.45) is 0 Å². The molecule has 0 saturated carbocycles. The molecular formula is C19H26OS. The van der Waals surface area contributed by atoms with Crippen molar-refractivity contribution in [2.75, 3.05) is 0 Å². The Labute approximate surface area is 133 Å². The molecule has 0 N–H and O–H groups in total. The van der Waals surface area contributed by atoms with Gasteiger partial charge in [-0.3, -0.25) is 0 Å². The molecule has 0 aromatic heterocycles. The van der Waals surface area contributed by atoms with Crippen LogP contribution < -0.4 is 4.74 Å². The lowest BCUT2D eigenvalue weighted by molar-refractivity contribution is 0.132. The van der Waals surface area contributed by atoms with Crippen molar-refractivity contribution in [3.63, 3.8) is 0 Å². The number of rotatable bonds is 3. The fraction of sp³-hybridized carbons (Fsp3) is 0.474. The molecule has 1 aromatic rings. The van der Waals surface area contributed by atoms with Crippen molar-refractivity contribution in [3.05, 3.63) is 47.6 Å². The van der Waals surface area contributed by atoms with Crippen LogP contribution in [0.4, 0.5) is 0 Å². The van der Waals surface area contributed by atoms with Gasteiger partial charge in [-0.2, -0.15) is 0 Å². The molecule has 0 spiro atoms. The topological polar surface area (TPSA) is 9.23 Å².